The van der Waals surface area contributed by atoms with Crippen LogP contribution in [-0.4, -0.2) is 41.0 Å². The Hall–Kier alpha value is -3.35. The number of carbonyl (C=O) groups is 2. The molecule has 1 aliphatic heterocycles. The Morgan fingerprint density at radius 1 is 1.10 bits per heavy atom. The van der Waals surface area contributed by atoms with Crippen molar-refractivity contribution in [2.24, 2.45) is 5.92 Å². The highest BCUT2D eigenvalue weighted by Crippen LogP contribution is 2.22. The van der Waals surface area contributed by atoms with E-state index in [0.29, 0.717) is 55.7 Å². The predicted octanol–water partition coefficient (Wildman–Crippen LogP) is 3.06. The highest BCUT2D eigenvalue weighted by atomic mass is 16.5. The summed E-state index contributed by atoms with van der Waals surface area (Å²) in [7, 11) is 0. The standard InChI is InChI=1S/C23H24N2O5/c1-2-29-22(27)17-10-12-24(13-11-17)21(26)18-8-9-20-19(14-18)25(23(28)30-20)15-16-6-4-3-5-7-16/h3-9,14,17H,2,10-13,15H2,1H3. The first-order valence-electron chi connectivity index (χ1n) is 10.2. The molecule has 2 aromatic carbocycles. The quantitative estimate of drug-likeness (QED) is 0.606. The molecule has 1 saturated heterocycles. The van der Waals surface area contributed by atoms with Gasteiger partial charge in [0.05, 0.1) is 24.6 Å². The van der Waals surface area contributed by atoms with Crippen LogP contribution < -0.4 is 5.76 Å². The number of benzene rings is 2. The summed E-state index contributed by atoms with van der Waals surface area (Å²) in [6, 6.07) is 14.7. The van der Waals surface area contributed by atoms with Gasteiger partial charge in [-0.2, -0.15) is 0 Å². The highest BCUT2D eigenvalue weighted by Gasteiger charge is 2.29. The van der Waals surface area contributed by atoms with Gasteiger partial charge in [-0.3, -0.25) is 14.2 Å². The van der Waals surface area contributed by atoms with Crippen molar-refractivity contribution in [3.63, 3.8) is 0 Å². The molecule has 1 aliphatic rings. The molecule has 7 nitrogen and oxygen atoms in total. The van der Waals surface area contributed by atoms with E-state index in [9.17, 15) is 14.4 Å². The van der Waals surface area contributed by atoms with Crippen LogP contribution in [0.3, 0.4) is 0 Å². The lowest BCUT2D eigenvalue weighted by Crippen LogP contribution is -2.40. The van der Waals surface area contributed by atoms with Gasteiger partial charge in [0.25, 0.3) is 5.91 Å². The van der Waals surface area contributed by atoms with Gasteiger partial charge in [0.1, 0.15) is 0 Å². The van der Waals surface area contributed by atoms with Crippen LogP contribution >= 0.6 is 0 Å². The van der Waals surface area contributed by atoms with Gasteiger partial charge in [-0.05, 0) is 43.5 Å². The molecule has 0 spiro atoms. The van der Waals surface area contributed by atoms with E-state index in [4.69, 9.17) is 9.15 Å². The number of rotatable bonds is 5. The van der Waals surface area contributed by atoms with E-state index in [1.54, 1.807) is 30.0 Å². The molecule has 30 heavy (non-hydrogen) atoms. The molecular formula is C23H24N2O5. The lowest BCUT2D eigenvalue weighted by atomic mass is 9.96. The number of carbonyl (C=O) groups excluding carboxylic acids is 2. The average Bonchev–Trinajstić information content (AvgIpc) is 3.08. The van der Waals surface area contributed by atoms with Gasteiger partial charge in [0.2, 0.25) is 0 Å². The van der Waals surface area contributed by atoms with Crippen LogP contribution in [0.5, 0.6) is 0 Å². The van der Waals surface area contributed by atoms with E-state index in [1.165, 1.54) is 4.57 Å². The molecule has 3 aromatic rings. The van der Waals surface area contributed by atoms with Gasteiger partial charge in [-0.25, -0.2) is 4.79 Å². The molecule has 0 atom stereocenters. The number of nitrogens with zero attached hydrogens (tertiary/aromatic N) is 2. The van der Waals surface area contributed by atoms with E-state index in [1.807, 2.05) is 30.3 Å². The van der Waals surface area contributed by atoms with Crippen LogP contribution in [0.15, 0.2) is 57.7 Å². The Kier molecular flexibility index (Phi) is 5.70. The molecule has 0 bridgehead atoms. The van der Waals surface area contributed by atoms with Crippen LogP contribution in [0.2, 0.25) is 0 Å². The number of aromatic nitrogens is 1. The smallest absolute Gasteiger partial charge is 0.420 e. The lowest BCUT2D eigenvalue weighted by molar-refractivity contribution is -0.149. The number of amides is 1. The Morgan fingerprint density at radius 2 is 1.83 bits per heavy atom. The Balaban J connectivity index is 1.53. The van der Waals surface area contributed by atoms with Crippen molar-refractivity contribution in [1.29, 1.82) is 0 Å². The molecule has 4 rings (SSSR count). The second kappa shape index (κ2) is 8.57. The predicted molar refractivity (Wildman–Crippen MR) is 111 cm³/mol. The molecule has 2 heterocycles. The van der Waals surface area contributed by atoms with E-state index >= 15 is 0 Å². The molecule has 7 heteroatoms. The number of oxazole rings is 1. The molecule has 1 aromatic heterocycles. The number of piperidine rings is 1. The average molecular weight is 408 g/mol. The zero-order chi connectivity index (χ0) is 21.1. The first kappa shape index (κ1) is 19.9. The number of hydrogen-bond donors (Lipinski definition) is 0. The number of esters is 1. The largest absolute Gasteiger partial charge is 0.466 e. The van der Waals surface area contributed by atoms with Crippen molar-refractivity contribution in [3.8, 4) is 0 Å². The summed E-state index contributed by atoms with van der Waals surface area (Å²) in [5.41, 5.74) is 2.52. The normalized spacial score (nSPS) is 14.8. The van der Waals surface area contributed by atoms with Gasteiger partial charge in [-0.15, -0.1) is 0 Å². The first-order chi connectivity index (χ1) is 14.6. The minimum atomic E-state index is -0.450. The fraction of sp³-hybridized carbons (Fsp3) is 0.348. The Morgan fingerprint density at radius 3 is 2.53 bits per heavy atom. The van der Waals surface area contributed by atoms with Crippen LogP contribution in [0, 0.1) is 5.92 Å². The molecule has 156 valence electrons. The monoisotopic (exact) mass is 408 g/mol. The van der Waals surface area contributed by atoms with Crippen molar-refractivity contribution in [1.82, 2.24) is 9.47 Å². The number of ether oxygens (including phenoxy) is 1. The fourth-order valence-electron chi connectivity index (χ4n) is 3.87. The third-order valence-electron chi connectivity index (χ3n) is 5.50. The van der Waals surface area contributed by atoms with Crippen LogP contribution in [0.1, 0.15) is 35.7 Å². The third kappa shape index (κ3) is 4.01. The van der Waals surface area contributed by atoms with Gasteiger partial charge in [0.15, 0.2) is 5.58 Å². The zero-order valence-electron chi connectivity index (χ0n) is 16.9. The molecule has 1 amide bonds. The maximum Gasteiger partial charge on any atom is 0.420 e. The summed E-state index contributed by atoms with van der Waals surface area (Å²) >= 11 is 0. The second-order valence-electron chi connectivity index (χ2n) is 7.44. The van der Waals surface area contributed by atoms with E-state index in [2.05, 4.69) is 0 Å². The van der Waals surface area contributed by atoms with Gasteiger partial charge in [-0.1, -0.05) is 30.3 Å². The summed E-state index contributed by atoms with van der Waals surface area (Å²) in [5.74, 6) is -0.899. The first-order valence-corrected chi connectivity index (χ1v) is 10.2. The van der Waals surface area contributed by atoms with Gasteiger partial charge < -0.3 is 14.1 Å². The van der Waals surface area contributed by atoms with Crippen LogP contribution in [0.4, 0.5) is 0 Å². The summed E-state index contributed by atoms with van der Waals surface area (Å²) in [6.07, 6.45) is 1.19. The topological polar surface area (TPSA) is 81.8 Å². The minimum Gasteiger partial charge on any atom is -0.466 e. The van der Waals surface area contributed by atoms with Gasteiger partial charge in [0, 0.05) is 18.7 Å². The van der Waals surface area contributed by atoms with Crippen molar-refractivity contribution < 1.29 is 18.7 Å². The number of likely N-dealkylation sites (tertiary alicyclic amines) is 1. The molecule has 0 saturated carbocycles. The van der Waals surface area contributed by atoms with E-state index < -0.39 is 5.76 Å². The number of fused-ring (bicyclic) bond motifs is 1. The van der Waals surface area contributed by atoms with E-state index in [-0.39, 0.29) is 17.8 Å². The molecule has 0 N–H and O–H groups in total. The molecular weight excluding hydrogens is 384 g/mol. The van der Waals surface area contributed by atoms with Gasteiger partial charge >= 0.3 is 11.7 Å². The zero-order valence-corrected chi connectivity index (χ0v) is 16.9. The maximum atomic E-state index is 13.0. The second-order valence-corrected chi connectivity index (χ2v) is 7.44. The fourth-order valence-corrected chi connectivity index (χ4v) is 3.87. The van der Waals surface area contributed by atoms with Crippen LogP contribution in [-0.2, 0) is 16.1 Å². The third-order valence-corrected chi connectivity index (χ3v) is 5.50. The SMILES string of the molecule is CCOC(=O)C1CCN(C(=O)c2ccc3oc(=O)n(Cc4ccccc4)c3c2)CC1. The Labute approximate surface area is 173 Å². The van der Waals surface area contributed by atoms with Crippen molar-refractivity contribution >= 4 is 23.0 Å². The highest BCUT2D eigenvalue weighted by molar-refractivity contribution is 5.97. The van der Waals surface area contributed by atoms with Crippen LogP contribution in [0.25, 0.3) is 11.1 Å². The minimum absolute atomic E-state index is 0.112. The number of hydrogen-bond acceptors (Lipinski definition) is 5. The lowest BCUT2D eigenvalue weighted by Gasteiger charge is -2.31. The summed E-state index contributed by atoms with van der Waals surface area (Å²) in [5, 5.41) is 0. The summed E-state index contributed by atoms with van der Waals surface area (Å²) < 4.78 is 12.0. The maximum absolute atomic E-state index is 13.0. The molecule has 1 fully saturated rings. The van der Waals surface area contributed by atoms with Crippen molar-refractivity contribution in [2.45, 2.75) is 26.3 Å². The summed E-state index contributed by atoms with van der Waals surface area (Å²) in [6.45, 7) is 3.54. The van der Waals surface area contributed by atoms with Crippen molar-refractivity contribution in [3.05, 3.63) is 70.2 Å². The summed E-state index contributed by atoms with van der Waals surface area (Å²) in [4.78, 5) is 39.0. The Bertz CT molecular complexity index is 1110. The molecule has 0 unspecified atom stereocenters. The molecule has 0 radical (unpaired) electrons. The molecule has 0 aliphatic carbocycles. The van der Waals surface area contributed by atoms with Crippen molar-refractivity contribution in [2.75, 3.05) is 19.7 Å². The van der Waals surface area contributed by atoms with E-state index in [0.717, 1.165) is 5.56 Å².